The molecule has 0 aliphatic heterocycles. The molecule has 0 aliphatic carbocycles. The summed E-state index contributed by atoms with van der Waals surface area (Å²) < 4.78 is 12.7. The van der Waals surface area contributed by atoms with Crippen LogP contribution < -0.4 is 20.3 Å². The Kier molecular flexibility index (Phi) is 5.74. The molecular weight excluding hydrogens is 428 g/mol. The molecule has 170 valence electrons. The second-order valence-corrected chi connectivity index (χ2v) is 7.77. The van der Waals surface area contributed by atoms with Crippen molar-refractivity contribution in [3.05, 3.63) is 101 Å². The van der Waals surface area contributed by atoms with Gasteiger partial charge in [-0.2, -0.15) is 5.10 Å². The van der Waals surface area contributed by atoms with E-state index < -0.39 is 0 Å². The number of pyridine rings is 1. The van der Waals surface area contributed by atoms with Crippen LogP contribution in [0.5, 0.6) is 11.5 Å². The summed E-state index contributed by atoms with van der Waals surface area (Å²) in [6.07, 6.45) is 0. The van der Waals surface area contributed by atoms with Crippen LogP contribution in [0.1, 0.15) is 5.56 Å². The molecule has 2 heterocycles. The highest BCUT2D eigenvalue weighted by Gasteiger charge is 2.18. The minimum atomic E-state index is -0.160. The average Bonchev–Trinajstić information content (AvgIpc) is 3.26. The van der Waals surface area contributed by atoms with Gasteiger partial charge in [0.05, 0.1) is 19.9 Å². The van der Waals surface area contributed by atoms with Crippen molar-refractivity contribution < 1.29 is 9.47 Å². The number of benzene rings is 3. The van der Waals surface area contributed by atoms with Gasteiger partial charge in [0, 0.05) is 28.7 Å². The number of anilines is 1. The first-order chi connectivity index (χ1) is 16.7. The van der Waals surface area contributed by atoms with Gasteiger partial charge in [-0.05, 0) is 48.5 Å². The van der Waals surface area contributed by atoms with E-state index in [-0.39, 0.29) is 5.56 Å². The average molecular weight is 453 g/mol. The summed E-state index contributed by atoms with van der Waals surface area (Å²) in [5.74, 6) is 1.25. The smallest absolute Gasteiger partial charge is 0.254 e. The summed E-state index contributed by atoms with van der Waals surface area (Å²) in [6, 6.07) is 27.1. The van der Waals surface area contributed by atoms with Crippen LogP contribution in [0.2, 0.25) is 0 Å². The molecule has 0 saturated heterocycles. The normalized spacial score (nSPS) is 10.9. The highest BCUT2D eigenvalue weighted by molar-refractivity contribution is 5.93. The largest absolute Gasteiger partial charge is 0.493 e. The van der Waals surface area contributed by atoms with Crippen molar-refractivity contribution in [3.63, 3.8) is 0 Å². The lowest BCUT2D eigenvalue weighted by atomic mass is 10.1. The van der Waals surface area contributed by atoms with Gasteiger partial charge in [0.1, 0.15) is 11.3 Å². The van der Waals surface area contributed by atoms with Crippen LogP contribution in [0.15, 0.2) is 89.7 Å². The molecule has 3 aromatic carbocycles. The third-order valence-electron chi connectivity index (χ3n) is 5.68. The number of nitrogens with one attached hydrogen (secondary N) is 2. The molecule has 0 amide bonds. The number of fused-ring (bicyclic) bond motifs is 1. The third kappa shape index (κ3) is 3.99. The van der Waals surface area contributed by atoms with Gasteiger partial charge < -0.3 is 19.8 Å². The number of ether oxygens (including phenoxy) is 2. The van der Waals surface area contributed by atoms with Crippen LogP contribution in [0.4, 0.5) is 5.69 Å². The highest BCUT2D eigenvalue weighted by Crippen LogP contribution is 2.35. The second-order valence-electron chi connectivity index (χ2n) is 7.77. The molecule has 0 radical (unpaired) electrons. The number of hydrogen-bond acceptors (Lipinski definition) is 5. The summed E-state index contributed by atoms with van der Waals surface area (Å²) in [6.45, 7) is 0.386. The molecule has 0 saturated carbocycles. The zero-order valence-corrected chi connectivity index (χ0v) is 18.9. The Balaban J connectivity index is 1.66. The van der Waals surface area contributed by atoms with Gasteiger partial charge in [-0.15, -0.1) is 0 Å². The standard InChI is InChI=1S/C27H24N4O3/c1-33-23-14-13-18(16-24(23)34-2)25-22-15-19(17-28-20-9-5-3-6-10-20)27(32)29-26(22)31(30-25)21-11-7-4-8-12-21/h3-16,28H,17H2,1-2H3,(H,29,32). The summed E-state index contributed by atoms with van der Waals surface area (Å²) in [4.78, 5) is 16.0. The maximum atomic E-state index is 13.0. The van der Waals surface area contributed by atoms with Crippen LogP contribution in [0, 0.1) is 0 Å². The molecule has 0 fully saturated rings. The first kappa shape index (κ1) is 21.3. The first-order valence-electron chi connectivity index (χ1n) is 10.9. The minimum absolute atomic E-state index is 0.160. The fourth-order valence-corrected chi connectivity index (χ4v) is 3.95. The van der Waals surface area contributed by atoms with Gasteiger partial charge in [0.25, 0.3) is 5.56 Å². The van der Waals surface area contributed by atoms with E-state index in [1.54, 1.807) is 18.9 Å². The van der Waals surface area contributed by atoms with Crippen LogP contribution >= 0.6 is 0 Å². The van der Waals surface area contributed by atoms with E-state index in [0.29, 0.717) is 29.3 Å². The lowest BCUT2D eigenvalue weighted by Crippen LogP contribution is -2.16. The minimum Gasteiger partial charge on any atom is -0.493 e. The fourth-order valence-electron chi connectivity index (χ4n) is 3.95. The predicted molar refractivity (Wildman–Crippen MR) is 134 cm³/mol. The Hall–Kier alpha value is -4.52. The van der Waals surface area contributed by atoms with Gasteiger partial charge in [0.2, 0.25) is 0 Å². The molecule has 34 heavy (non-hydrogen) atoms. The number of nitrogens with zero attached hydrogens (tertiary/aromatic N) is 2. The quantitative estimate of drug-likeness (QED) is 0.363. The lowest BCUT2D eigenvalue weighted by molar-refractivity contribution is 0.355. The Morgan fingerprint density at radius 1 is 0.882 bits per heavy atom. The number of aromatic nitrogens is 3. The van der Waals surface area contributed by atoms with Crippen LogP contribution in [-0.2, 0) is 6.54 Å². The predicted octanol–water partition coefficient (Wildman–Crippen LogP) is 5.01. The van der Waals surface area contributed by atoms with Crippen LogP contribution in [-0.4, -0.2) is 29.0 Å². The van der Waals surface area contributed by atoms with E-state index in [1.165, 1.54) is 0 Å². The van der Waals surface area contributed by atoms with E-state index in [0.717, 1.165) is 28.0 Å². The van der Waals surface area contributed by atoms with Gasteiger partial charge in [-0.1, -0.05) is 36.4 Å². The van der Waals surface area contributed by atoms with Crippen LogP contribution in [0.3, 0.4) is 0 Å². The monoisotopic (exact) mass is 452 g/mol. The molecule has 2 aromatic heterocycles. The fraction of sp³-hybridized carbons (Fsp3) is 0.111. The molecule has 0 atom stereocenters. The molecule has 7 nitrogen and oxygen atoms in total. The SMILES string of the molecule is COc1ccc(-c2nn(-c3ccccc3)c3[nH]c(=O)c(CNc4ccccc4)cc23)cc1OC. The van der Waals surface area contributed by atoms with Gasteiger partial charge in [-0.3, -0.25) is 4.79 Å². The van der Waals surface area contributed by atoms with E-state index in [9.17, 15) is 4.79 Å². The molecule has 7 heteroatoms. The molecule has 5 rings (SSSR count). The summed E-state index contributed by atoms with van der Waals surface area (Å²) in [5.41, 5.74) is 4.47. The number of methoxy groups -OCH3 is 2. The van der Waals surface area contributed by atoms with Gasteiger partial charge >= 0.3 is 0 Å². The Bertz CT molecular complexity index is 1490. The number of hydrogen-bond donors (Lipinski definition) is 2. The topological polar surface area (TPSA) is 81.2 Å². The van der Waals surface area contributed by atoms with E-state index >= 15 is 0 Å². The highest BCUT2D eigenvalue weighted by atomic mass is 16.5. The Morgan fingerprint density at radius 3 is 2.29 bits per heavy atom. The van der Waals surface area contributed by atoms with E-state index in [4.69, 9.17) is 14.6 Å². The van der Waals surface area contributed by atoms with E-state index in [2.05, 4.69) is 10.3 Å². The lowest BCUT2D eigenvalue weighted by Gasteiger charge is -2.09. The van der Waals surface area contributed by atoms with Crippen molar-refractivity contribution in [2.45, 2.75) is 6.54 Å². The van der Waals surface area contributed by atoms with Crippen molar-refractivity contribution in [1.82, 2.24) is 14.8 Å². The summed E-state index contributed by atoms with van der Waals surface area (Å²) >= 11 is 0. The second kappa shape index (κ2) is 9.15. The van der Waals surface area contributed by atoms with Gasteiger partial charge in [0.15, 0.2) is 11.5 Å². The maximum Gasteiger partial charge on any atom is 0.254 e. The van der Waals surface area contributed by atoms with E-state index in [1.807, 2.05) is 84.9 Å². The molecule has 0 bridgehead atoms. The van der Waals surface area contributed by atoms with Crippen molar-refractivity contribution in [2.24, 2.45) is 0 Å². The van der Waals surface area contributed by atoms with Crippen LogP contribution in [0.25, 0.3) is 28.0 Å². The molecular formula is C27H24N4O3. The molecule has 0 spiro atoms. The first-order valence-corrected chi connectivity index (χ1v) is 10.9. The van der Waals surface area contributed by atoms with Crippen molar-refractivity contribution in [1.29, 1.82) is 0 Å². The Morgan fingerprint density at radius 2 is 1.59 bits per heavy atom. The summed E-state index contributed by atoms with van der Waals surface area (Å²) in [7, 11) is 3.21. The molecule has 2 N–H and O–H groups in total. The number of H-pyrrole nitrogens is 1. The number of para-hydroxylation sites is 2. The molecule has 5 aromatic rings. The van der Waals surface area contributed by atoms with Gasteiger partial charge in [-0.25, -0.2) is 4.68 Å². The van der Waals surface area contributed by atoms with Crippen molar-refractivity contribution >= 4 is 16.7 Å². The maximum absolute atomic E-state index is 13.0. The van der Waals surface area contributed by atoms with Crippen molar-refractivity contribution in [3.8, 4) is 28.4 Å². The number of aromatic amines is 1. The molecule has 0 unspecified atom stereocenters. The zero-order valence-electron chi connectivity index (χ0n) is 18.9. The number of rotatable bonds is 7. The zero-order chi connectivity index (χ0) is 23.5. The summed E-state index contributed by atoms with van der Waals surface area (Å²) in [5, 5.41) is 9.04. The molecule has 0 aliphatic rings. The third-order valence-corrected chi connectivity index (χ3v) is 5.68. The Labute approximate surface area is 196 Å². The van der Waals surface area contributed by atoms with Crippen molar-refractivity contribution in [2.75, 3.05) is 19.5 Å².